The summed E-state index contributed by atoms with van der Waals surface area (Å²) >= 11 is 1.52. The van der Waals surface area contributed by atoms with Crippen LogP contribution in [0.1, 0.15) is 33.1 Å². The van der Waals surface area contributed by atoms with Gasteiger partial charge in [0, 0.05) is 12.9 Å². The van der Waals surface area contributed by atoms with Gasteiger partial charge in [-0.3, -0.25) is 4.90 Å². The lowest BCUT2D eigenvalue weighted by Crippen LogP contribution is -2.53. The fourth-order valence-electron chi connectivity index (χ4n) is 2.34. The number of carbonyl (C=O) groups is 2. The van der Waals surface area contributed by atoms with Gasteiger partial charge in [-0.2, -0.15) is 0 Å². The Labute approximate surface area is 124 Å². The molecule has 0 saturated carbocycles. The predicted molar refractivity (Wildman–Crippen MR) is 78.9 cm³/mol. The molecule has 6 nitrogen and oxygen atoms in total. The van der Waals surface area contributed by atoms with Crippen LogP contribution in [0.2, 0.25) is 0 Å². The van der Waals surface area contributed by atoms with Gasteiger partial charge in [-0.15, -0.1) is 11.8 Å². The molecule has 0 aromatic heterocycles. The maximum absolute atomic E-state index is 12.4. The average molecular weight is 304 g/mol. The molecule has 7 heteroatoms. The molecule has 3 unspecified atom stereocenters. The second-order valence-electron chi connectivity index (χ2n) is 4.85. The minimum absolute atomic E-state index is 0.0686. The molecule has 0 aromatic carbocycles. The molecule has 1 aliphatic rings. The van der Waals surface area contributed by atoms with Crippen molar-refractivity contribution in [2.24, 2.45) is 0 Å². The van der Waals surface area contributed by atoms with E-state index < -0.39 is 12.0 Å². The van der Waals surface area contributed by atoms with E-state index in [0.29, 0.717) is 12.4 Å². The van der Waals surface area contributed by atoms with Gasteiger partial charge in [0.2, 0.25) is 0 Å². The van der Waals surface area contributed by atoms with Gasteiger partial charge in [-0.05, 0) is 12.8 Å². The molecule has 116 valence electrons. The average Bonchev–Trinajstić information content (AvgIpc) is 2.83. The summed E-state index contributed by atoms with van der Waals surface area (Å²) in [5.74, 6) is -0.494. The zero-order valence-corrected chi connectivity index (χ0v) is 13.1. The van der Waals surface area contributed by atoms with Gasteiger partial charge in [0.15, 0.2) is 0 Å². The monoisotopic (exact) mass is 304 g/mol. The first-order valence-electron chi connectivity index (χ1n) is 6.97. The van der Waals surface area contributed by atoms with Crippen LogP contribution >= 0.6 is 11.8 Å². The van der Waals surface area contributed by atoms with Crippen molar-refractivity contribution in [2.45, 2.75) is 50.6 Å². The Morgan fingerprint density at radius 2 is 2.20 bits per heavy atom. The van der Waals surface area contributed by atoms with Crippen molar-refractivity contribution < 1.29 is 19.4 Å². The molecule has 0 aliphatic carbocycles. The molecule has 1 aliphatic heterocycles. The second-order valence-corrected chi connectivity index (χ2v) is 6.06. The van der Waals surface area contributed by atoms with Crippen molar-refractivity contribution in [3.8, 4) is 0 Å². The third kappa shape index (κ3) is 4.28. The highest BCUT2D eigenvalue weighted by Gasteiger charge is 2.41. The number of rotatable bonds is 7. The predicted octanol–water partition coefficient (Wildman–Crippen LogP) is 1.75. The summed E-state index contributed by atoms with van der Waals surface area (Å²) in [6.07, 6.45) is 2.49. The number of urea groups is 1. The minimum atomic E-state index is -0.942. The molecule has 20 heavy (non-hydrogen) atoms. The SMILES string of the molecule is CCCC(COC)NC(=O)N1C(CC)SCC1C(=O)O. The first kappa shape index (κ1) is 17.1. The van der Waals surface area contributed by atoms with E-state index in [1.54, 1.807) is 7.11 Å². The number of aliphatic carboxylic acids is 1. The maximum atomic E-state index is 12.4. The van der Waals surface area contributed by atoms with Crippen LogP contribution in [0.3, 0.4) is 0 Å². The molecule has 0 bridgehead atoms. The first-order chi connectivity index (χ1) is 9.54. The summed E-state index contributed by atoms with van der Waals surface area (Å²) in [5, 5.41) is 12.1. The van der Waals surface area contributed by atoms with Crippen LogP contribution < -0.4 is 5.32 Å². The largest absolute Gasteiger partial charge is 0.480 e. The Morgan fingerprint density at radius 3 is 2.70 bits per heavy atom. The smallest absolute Gasteiger partial charge is 0.327 e. The van der Waals surface area contributed by atoms with Gasteiger partial charge < -0.3 is 15.2 Å². The first-order valence-corrected chi connectivity index (χ1v) is 8.02. The Balaban J connectivity index is 2.72. The molecule has 1 rings (SSSR count). The zero-order chi connectivity index (χ0) is 15.1. The van der Waals surface area contributed by atoms with Crippen molar-refractivity contribution in [1.29, 1.82) is 0 Å². The van der Waals surface area contributed by atoms with Gasteiger partial charge in [-0.1, -0.05) is 20.3 Å². The number of carboxylic acids is 1. The summed E-state index contributed by atoms with van der Waals surface area (Å²) in [6.45, 7) is 4.44. The highest BCUT2D eigenvalue weighted by Crippen LogP contribution is 2.31. The lowest BCUT2D eigenvalue weighted by Gasteiger charge is -2.29. The fraction of sp³-hybridized carbons (Fsp3) is 0.846. The molecule has 3 atom stereocenters. The van der Waals surface area contributed by atoms with Crippen LogP contribution in [0, 0.1) is 0 Å². The number of ether oxygens (including phenoxy) is 1. The fourth-order valence-corrected chi connectivity index (χ4v) is 3.68. The molecule has 0 spiro atoms. The number of carboxylic acid groups (broad SMARTS) is 1. The molecule has 1 fully saturated rings. The molecule has 2 amide bonds. The summed E-state index contributed by atoms with van der Waals surface area (Å²) in [6, 6.07) is -1.12. The lowest BCUT2D eigenvalue weighted by atomic mass is 10.2. The highest BCUT2D eigenvalue weighted by molar-refractivity contribution is 8.00. The van der Waals surface area contributed by atoms with Crippen LogP contribution in [-0.2, 0) is 9.53 Å². The number of methoxy groups -OCH3 is 1. The molecular weight excluding hydrogens is 280 g/mol. The number of hydrogen-bond acceptors (Lipinski definition) is 4. The van der Waals surface area contributed by atoms with E-state index in [9.17, 15) is 14.7 Å². The molecule has 1 saturated heterocycles. The van der Waals surface area contributed by atoms with Gasteiger partial charge >= 0.3 is 12.0 Å². The third-order valence-electron chi connectivity index (χ3n) is 3.29. The number of thioether (sulfide) groups is 1. The topological polar surface area (TPSA) is 78.9 Å². The summed E-state index contributed by atoms with van der Waals surface area (Å²) in [7, 11) is 1.59. The molecular formula is C13H24N2O4S. The Kier molecular flexibility index (Phi) is 7.15. The van der Waals surface area contributed by atoms with Crippen LogP contribution in [0.4, 0.5) is 4.79 Å². The summed E-state index contributed by atoms with van der Waals surface area (Å²) < 4.78 is 5.09. The molecule has 0 radical (unpaired) electrons. The Bertz CT molecular complexity index is 334. The summed E-state index contributed by atoms with van der Waals surface area (Å²) in [5.41, 5.74) is 0. The summed E-state index contributed by atoms with van der Waals surface area (Å²) in [4.78, 5) is 25.1. The molecule has 0 aromatic rings. The Hall–Kier alpha value is -0.950. The number of carbonyl (C=O) groups excluding carboxylic acids is 1. The van der Waals surface area contributed by atoms with Crippen molar-refractivity contribution >= 4 is 23.8 Å². The number of amides is 2. The number of nitrogens with one attached hydrogen (secondary N) is 1. The standard InChI is InChI=1S/C13H24N2O4S/c1-4-6-9(7-19-3)14-13(18)15-10(12(16)17)8-20-11(15)5-2/h9-11H,4-8H2,1-3H3,(H,14,18)(H,16,17). The maximum Gasteiger partial charge on any atom is 0.327 e. The van der Waals surface area contributed by atoms with Gasteiger partial charge in [-0.25, -0.2) is 9.59 Å². The van der Waals surface area contributed by atoms with Crippen molar-refractivity contribution in [3.05, 3.63) is 0 Å². The van der Waals surface area contributed by atoms with Crippen molar-refractivity contribution in [1.82, 2.24) is 10.2 Å². The molecule has 1 heterocycles. The van der Waals surface area contributed by atoms with E-state index in [0.717, 1.165) is 19.3 Å². The highest BCUT2D eigenvalue weighted by atomic mass is 32.2. The quantitative estimate of drug-likeness (QED) is 0.749. The lowest BCUT2D eigenvalue weighted by molar-refractivity contribution is -0.141. The van der Waals surface area contributed by atoms with Gasteiger partial charge in [0.25, 0.3) is 0 Å². The number of nitrogens with zero attached hydrogens (tertiary/aromatic N) is 1. The van der Waals surface area contributed by atoms with Crippen LogP contribution in [0.25, 0.3) is 0 Å². The minimum Gasteiger partial charge on any atom is -0.480 e. The van der Waals surface area contributed by atoms with Crippen LogP contribution in [0.5, 0.6) is 0 Å². The number of hydrogen-bond donors (Lipinski definition) is 2. The van der Waals surface area contributed by atoms with E-state index in [4.69, 9.17) is 4.74 Å². The van der Waals surface area contributed by atoms with Crippen molar-refractivity contribution in [3.63, 3.8) is 0 Å². The second kappa shape index (κ2) is 8.36. The van der Waals surface area contributed by atoms with Gasteiger partial charge in [0.1, 0.15) is 6.04 Å². The third-order valence-corrected chi connectivity index (χ3v) is 4.75. The zero-order valence-electron chi connectivity index (χ0n) is 12.3. The van der Waals surface area contributed by atoms with Crippen LogP contribution in [-0.4, -0.2) is 58.9 Å². The van der Waals surface area contributed by atoms with Crippen molar-refractivity contribution in [2.75, 3.05) is 19.5 Å². The molecule has 2 N–H and O–H groups in total. The van der Waals surface area contributed by atoms with Gasteiger partial charge in [0.05, 0.1) is 18.0 Å². The van der Waals surface area contributed by atoms with E-state index in [2.05, 4.69) is 5.32 Å². The van der Waals surface area contributed by atoms with E-state index in [1.807, 2.05) is 13.8 Å². The normalized spacial score (nSPS) is 23.6. The van der Waals surface area contributed by atoms with E-state index >= 15 is 0 Å². The van der Waals surface area contributed by atoms with E-state index in [1.165, 1.54) is 16.7 Å². The van der Waals surface area contributed by atoms with Crippen LogP contribution in [0.15, 0.2) is 0 Å². The van der Waals surface area contributed by atoms with E-state index in [-0.39, 0.29) is 17.4 Å². The Morgan fingerprint density at radius 1 is 1.50 bits per heavy atom.